The molecular weight excluding hydrogens is 833 g/mol. The van der Waals surface area contributed by atoms with E-state index in [0.717, 1.165) is 44.6 Å². The molecule has 0 amide bonds. The van der Waals surface area contributed by atoms with Crippen LogP contribution in [-0.2, 0) is 5.41 Å². The summed E-state index contributed by atoms with van der Waals surface area (Å²) in [6.07, 6.45) is 0. The third-order valence-electron chi connectivity index (χ3n) is 14.2. The summed E-state index contributed by atoms with van der Waals surface area (Å²) in [4.78, 5) is 10.6. The van der Waals surface area contributed by atoms with Crippen molar-refractivity contribution in [2.24, 2.45) is 0 Å². The van der Waals surface area contributed by atoms with Gasteiger partial charge in [0.05, 0.1) is 16.8 Å². The second-order valence-corrected chi connectivity index (χ2v) is 18.0. The molecule has 11 aromatic carbocycles. The minimum atomic E-state index is -0.512. The molecule has 69 heavy (non-hydrogen) atoms. The van der Waals surface area contributed by atoms with Crippen molar-refractivity contribution in [3.8, 4) is 78.4 Å². The Morgan fingerprint density at radius 1 is 0.261 bits per heavy atom. The number of aromatic nitrogens is 2. The average Bonchev–Trinajstić information content (AvgIpc) is 3.74. The normalized spacial score (nSPS) is 12.5. The van der Waals surface area contributed by atoms with Gasteiger partial charge in [-0.15, -0.1) is 0 Å². The van der Waals surface area contributed by atoms with E-state index in [-0.39, 0.29) is 0 Å². The van der Waals surface area contributed by atoms with E-state index in [9.17, 15) is 0 Å². The summed E-state index contributed by atoms with van der Waals surface area (Å²) in [6.45, 7) is 0. The first-order valence-corrected chi connectivity index (χ1v) is 23.7. The molecule has 0 saturated carbocycles. The first-order valence-electron chi connectivity index (χ1n) is 23.7. The summed E-state index contributed by atoms with van der Waals surface area (Å²) in [5.41, 5.74) is 19.1. The SMILES string of the molecule is c1ccc(-c2ccc(-c3nc(-c4ccc5ccccc5c4)cc(-c4ccc(-c5cccc(-c6cccc7c6C(c6ccccc6)(c6ccccc6)c6ccccc6-7)c5)c5ccccc45)n3)cc2)cc1. The summed E-state index contributed by atoms with van der Waals surface area (Å²) in [5.74, 6) is 0.691. The zero-order valence-corrected chi connectivity index (χ0v) is 37.8. The fraction of sp³-hybridized carbons (Fsp3) is 0.0149. The predicted molar refractivity (Wildman–Crippen MR) is 287 cm³/mol. The molecule has 0 atom stereocenters. The van der Waals surface area contributed by atoms with Crippen LogP contribution in [0.3, 0.4) is 0 Å². The van der Waals surface area contributed by atoms with Gasteiger partial charge in [-0.05, 0) is 107 Å². The highest BCUT2D eigenvalue weighted by Gasteiger charge is 2.47. The topological polar surface area (TPSA) is 25.8 Å². The van der Waals surface area contributed by atoms with E-state index in [1.807, 2.05) is 0 Å². The molecule has 0 radical (unpaired) electrons. The van der Waals surface area contributed by atoms with Crippen molar-refractivity contribution in [3.63, 3.8) is 0 Å². The molecule has 2 heteroatoms. The lowest BCUT2D eigenvalue weighted by Gasteiger charge is -2.35. The Hall–Kier alpha value is -8.98. The van der Waals surface area contributed by atoms with E-state index >= 15 is 0 Å². The molecule has 13 rings (SSSR count). The van der Waals surface area contributed by atoms with E-state index in [4.69, 9.17) is 9.97 Å². The van der Waals surface area contributed by atoms with Crippen LogP contribution in [0.15, 0.2) is 267 Å². The Bertz CT molecular complexity index is 3840. The summed E-state index contributed by atoms with van der Waals surface area (Å²) in [6, 6.07) is 96.8. The van der Waals surface area contributed by atoms with Crippen LogP contribution in [0.5, 0.6) is 0 Å². The van der Waals surface area contributed by atoms with Gasteiger partial charge in [0.2, 0.25) is 0 Å². The van der Waals surface area contributed by atoms with E-state index in [1.54, 1.807) is 0 Å². The van der Waals surface area contributed by atoms with Crippen LogP contribution in [-0.4, -0.2) is 9.97 Å². The Kier molecular flexibility index (Phi) is 9.77. The molecule has 0 spiro atoms. The fourth-order valence-corrected chi connectivity index (χ4v) is 11.0. The molecule has 322 valence electrons. The second kappa shape index (κ2) is 16.7. The minimum absolute atomic E-state index is 0.512. The molecule has 1 aliphatic carbocycles. The highest BCUT2D eigenvalue weighted by molar-refractivity contribution is 6.05. The van der Waals surface area contributed by atoms with Gasteiger partial charge in [0, 0.05) is 16.7 Å². The largest absolute Gasteiger partial charge is 0.228 e. The lowest BCUT2D eigenvalue weighted by molar-refractivity contribution is 0.770. The van der Waals surface area contributed by atoms with Gasteiger partial charge in [0.1, 0.15) is 0 Å². The summed E-state index contributed by atoms with van der Waals surface area (Å²) in [7, 11) is 0. The quantitative estimate of drug-likeness (QED) is 0.152. The van der Waals surface area contributed by atoms with Gasteiger partial charge < -0.3 is 0 Å². The van der Waals surface area contributed by atoms with Crippen LogP contribution in [0.1, 0.15) is 22.3 Å². The van der Waals surface area contributed by atoms with Gasteiger partial charge in [0.15, 0.2) is 5.82 Å². The summed E-state index contributed by atoms with van der Waals surface area (Å²) < 4.78 is 0. The summed E-state index contributed by atoms with van der Waals surface area (Å²) in [5, 5.41) is 4.68. The van der Waals surface area contributed by atoms with Gasteiger partial charge in [-0.3, -0.25) is 0 Å². The monoisotopic (exact) mass is 876 g/mol. The van der Waals surface area contributed by atoms with Crippen molar-refractivity contribution in [2.45, 2.75) is 5.41 Å². The van der Waals surface area contributed by atoms with Crippen LogP contribution in [0.2, 0.25) is 0 Å². The van der Waals surface area contributed by atoms with Crippen molar-refractivity contribution in [1.82, 2.24) is 9.97 Å². The third kappa shape index (κ3) is 6.80. The fourth-order valence-electron chi connectivity index (χ4n) is 11.0. The lowest BCUT2D eigenvalue weighted by Crippen LogP contribution is -2.29. The van der Waals surface area contributed by atoms with Gasteiger partial charge in [-0.1, -0.05) is 249 Å². The van der Waals surface area contributed by atoms with Crippen molar-refractivity contribution in [2.75, 3.05) is 0 Å². The van der Waals surface area contributed by atoms with E-state index < -0.39 is 5.41 Å². The van der Waals surface area contributed by atoms with Gasteiger partial charge >= 0.3 is 0 Å². The second-order valence-electron chi connectivity index (χ2n) is 18.0. The molecule has 1 aliphatic rings. The smallest absolute Gasteiger partial charge is 0.160 e. The highest BCUT2D eigenvalue weighted by atomic mass is 14.9. The van der Waals surface area contributed by atoms with Gasteiger partial charge in [-0.25, -0.2) is 9.97 Å². The molecule has 1 aromatic heterocycles. The van der Waals surface area contributed by atoms with Crippen LogP contribution in [0.25, 0.3) is 100.0 Å². The number of hydrogen-bond donors (Lipinski definition) is 0. The highest BCUT2D eigenvalue weighted by Crippen LogP contribution is 2.58. The third-order valence-corrected chi connectivity index (χ3v) is 14.2. The van der Waals surface area contributed by atoms with E-state index in [1.165, 1.54) is 71.8 Å². The van der Waals surface area contributed by atoms with E-state index in [2.05, 4.69) is 267 Å². The molecule has 0 saturated heterocycles. The Balaban J connectivity index is 0.961. The zero-order valence-electron chi connectivity index (χ0n) is 37.8. The predicted octanol–water partition coefficient (Wildman–Crippen LogP) is 17.1. The van der Waals surface area contributed by atoms with E-state index in [0.29, 0.717) is 5.82 Å². The maximum Gasteiger partial charge on any atom is 0.160 e. The first-order chi connectivity index (χ1) is 34.2. The molecular formula is C67H44N2. The Morgan fingerprint density at radius 2 is 0.768 bits per heavy atom. The van der Waals surface area contributed by atoms with Crippen molar-refractivity contribution >= 4 is 21.5 Å². The molecule has 0 bridgehead atoms. The van der Waals surface area contributed by atoms with Crippen LogP contribution in [0.4, 0.5) is 0 Å². The zero-order chi connectivity index (χ0) is 45.7. The van der Waals surface area contributed by atoms with Crippen LogP contribution < -0.4 is 0 Å². The molecule has 12 aromatic rings. The Morgan fingerprint density at radius 3 is 1.52 bits per heavy atom. The first kappa shape index (κ1) is 40.3. The number of rotatable bonds is 8. The minimum Gasteiger partial charge on any atom is -0.228 e. The molecule has 1 heterocycles. The molecule has 0 fully saturated rings. The van der Waals surface area contributed by atoms with Gasteiger partial charge in [0.25, 0.3) is 0 Å². The maximum absolute atomic E-state index is 5.37. The molecule has 0 aliphatic heterocycles. The summed E-state index contributed by atoms with van der Waals surface area (Å²) >= 11 is 0. The molecule has 0 N–H and O–H groups in total. The lowest BCUT2D eigenvalue weighted by atomic mass is 9.66. The van der Waals surface area contributed by atoms with Crippen LogP contribution >= 0.6 is 0 Å². The number of fused-ring (bicyclic) bond motifs is 5. The van der Waals surface area contributed by atoms with Crippen LogP contribution in [0, 0.1) is 0 Å². The number of benzene rings is 11. The molecule has 2 nitrogen and oxygen atoms in total. The van der Waals surface area contributed by atoms with Crippen molar-refractivity contribution in [3.05, 3.63) is 289 Å². The van der Waals surface area contributed by atoms with Crippen molar-refractivity contribution in [1.29, 1.82) is 0 Å². The molecule has 0 unspecified atom stereocenters. The number of nitrogens with zero attached hydrogens (tertiary/aromatic N) is 2. The van der Waals surface area contributed by atoms with Crippen molar-refractivity contribution < 1.29 is 0 Å². The Labute approximate surface area is 402 Å². The number of hydrogen-bond acceptors (Lipinski definition) is 2. The average molecular weight is 877 g/mol. The maximum atomic E-state index is 5.37. The van der Waals surface area contributed by atoms with Gasteiger partial charge in [-0.2, -0.15) is 0 Å². The standard InChI is InChI=1S/C67H44N2/c1-4-18-45(19-5-1)47-34-37-48(38-35-47)66-68-63(52-39-36-46-20-10-11-21-49(46)42-52)44-64(69-66)60-41-40-55(57-28-12-13-29-58(57)60)50-22-16-23-51(43-50)56-31-17-32-61-59-30-14-15-33-62(59)67(65(56)61,53-24-6-2-7-25-53)54-26-8-3-9-27-54/h1-44H.